The van der Waals surface area contributed by atoms with Gasteiger partial charge in [0.25, 0.3) is 0 Å². The zero-order chi connectivity index (χ0) is 11.2. The summed E-state index contributed by atoms with van der Waals surface area (Å²) in [5.74, 6) is 0.166. The van der Waals surface area contributed by atoms with Gasteiger partial charge in [0.05, 0.1) is 6.04 Å². The molecule has 2 aliphatic rings. The van der Waals surface area contributed by atoms with Gasteiger partial charge in [-0.05, 0) is 33.1 Å². The zero-order valence-electron chi connectivity index (χ0n) is 9.37. The highest BCUT2D eigenvalue weighted by molar-refractivity contribution is 5.91. The first-order valence-corrected chi connectivity index (χ1v) is 5.38. The highest BCUT2D eigenvalue weighted by atomic mass is 16.6. The summed E-state index contributed by atoms with van der Waals surface area (Å²) in [4.78, 5) is 23.0. The van der Waals surface area contributed by atoms with Gasteiger partial charge in [0.15, 0.2) is 0 Å². The largest absolute Gasteiger partial charge is 0.459 e. The van der Waals surface area contributed by atoms with Gasteiger partial charge >= 0.3 is 5.97 Å². The van der Waals surface area contributed by atoms with Crippen molar-refractivity contribution in [2.45, 2.75) is 51.3 Å². The van der Waals surface area contributed by atoms with Gasteiger partial charge in [-0.3, -0.25) is 14.9 Å². The predicted molar refractivity (Wildman–Crippen MR) is 54.3 cm³/mol. The van der Waals surface area contributed by atoms with Crippen molar-refractivity contribution in [3.63, 3.8) is 0 Å². The first-order chi connectivity index (χ1) is 6.87. The third-order valence-corrected chi connectivity index (χ3v) is 2.90. The molecule has 1 heterocycles. The summed E-state index contributed by atoms with van der Waals surface area (Å²) < 4.78 is 5.30. The van der Waals surface area contributed by atoms with Gasteiger partial charge in [0.2, 0.25) is 0 Å². The Hall–Kier alpha value is -0.900. The van der Waals surface area contributed by atoms with Gasteiger partial charge in [0, 0.05) is 6.42 Å². The van der Waals surface area contributed by atoms with Crippen molar-refractivity contribution in [2.75, 3.05) is 0 Å². The van der Waals surface area contributed by atoms with Crippen LogP contribution < -0.4 is 5.32 Å². The van der Waals surface area contributed by atoms with Crippen molar-refractivity contribution in [1.82, 2.24) is 5.32 Å². The second-order valence-corrected chi connectivity index (χ2v) is 5.40. The summed E-state index contributed by atoms with van der Waals surface area (Å²) in [6.07, 6.45) is 1.32. The molecule has 0 aromatic carbocycles. The average molecular weight is 211 g/mol. The molecule has 0 spiro atoms. The molecule has 2 bridgehead atoms. The maximum Gasteiger partial charge on any atom is 0.323 e. The van der Waals surface area contributed by atoms with E-state index in [4.69, 9.17) is 4.74 Å². The van der Waals surface area contributed by atoms with Crippen molar-refractivity contribution in [2.24, 2.45) is 5.92 Å². The van der Waals surface area contributed by atoms with Crippen LogP contribution in [0.15, 0.2) is 0 Å². The van der Waals surface area contributed by atoms with Crippen LogP contribution in [-0.2, 0) is 14.3 Å². The molecule has 0 aromatic heterocycles. The van der Waals surface area contributed by atoms with Crippen LogP contribution in [0.1, 0.15) is 33.6 Å². The lowest BCUT2D eigenvalue weighted by Gasteiger charge is -2.26. The molecule has 2 fully saturated rings. The number of rotatable bonds is 1. The summed E-state index contributed by atoms with van der Waals surface area (Å²) in [5.41, 5.74) is -0.454. The standard InChI is InChI=1S/C11H17NO3/c1-11(2,3)15-10(14)9-6-4-7(12-9)8(13)5-6/h6-7,9,12H,4-5H2,1-3H3/t6-,7+,9+/m0/s1. The van der Waals surface area contributed by atoms with Crippen LogP contribution in [0.2, 0.25) is 0 Å². The molecule has 1 aliphatic heterocycles. The topological polar surface area (TPSA) is 55.4 Å². The van der Waals surface area contributed by atoms with E-state index in [9.17, 15) is 9.59 Å². The van der Waals surface area contributed by atoms with Gasteiger partial charge in [-0.25, -0.2) is 0 Å². The Bertz CT molecular complexity index is 305. The number of carbonyl (C=O) groups excluding carboxylic acids is 2. The van der Waals surface area contributed by atoms with Gasteiger partial charge in [-0.1, -0.05) is 0 Å². The van der Waals surface area contributed by atoms with Crippen LogP contribution in [0.3, 0.4) is 0 Å². The minimum Gasteiger partial charge on any atom is -0.459 e. The lowest BCUT2D eigenvalue weighted by atomic mass is 9.99. The monoisotopic (exact) mass is 211 g/mol. The molecular formula is C11H17NO3. The van der Waals surface area contributed by atoms with Gasteiger partial charge in [0.1, 0.15) is 17.4 Å². The fraction of sp³-hybridized carbons (Fsp3) is 0.818. The van der Waals surface area contributed by atoms with Crippen molar-refractivity contribution in [3.05, 3.63) is 0 Å². The smallest absolute Gasteiger partial charge is 0.323 e. The molecule has 4 heteroatoms. The number of esters is 1. The molecular weight excluding hydrogens is 194 g/mol. The van der Waals surface area contributed by atoms with E-state index in [-0.39, 0.29) is 29.8 Å². The Morgan fingerprint density at radius 1 is 1.47 bits per heavy atom. The quantitative estimate of drug-likeness (QED) is 0.647. The molecule has 0 aromatic rings. The van der Waals surface area contributed by atoms with E-state index in [1.807, 2.05) is 20.8 Å². The second-order valence-electron chi connectivity index (χ2n) is 5.40. The number of hydrogen-bond acceptors (Lipinski definition) is 4. The maximum atomic E-state index is 11.8. The third-order valence-electron chi connectivity index (χ3n) is 2.90. The fourth-order valence-electron chi connectivity index (χ4n) is 2.31. The number of ketones is 1. The third kappa shape index (κ3) is 2.04. The number of carbonyl (C=O) groups is 2. The molecule has 84 valence electrons. The van der Waals surface area contributed by atoms with Crippen molar-refractivity contribution in [1.29, 1.82) is 0 Å². The normalized spacial score (nSPS) is 34.6. The zero-order valence-corrected chi connectivity index (χ0v) is 9.37. The Kier molecular flexibility index (Phi) is 2.34. The molecule has 3 atom stereocenters. The molecule has 1 N–H and O–H groups in total. The molecule has 15 heavy (non-hydrogen) atoms. The van der Waals surface area contributed by atoms with Crippen LogP contribution in [-0.4, -0.2) is 29.4 Å². The number of hydrogen-bond donors (Lipinski definition) is 1. The summed E-state index contributed by atoms with van der Waals surface area (Å²) in [6.45, 7) is 5.55. The Balaban J connectivity index is 1.97. The van der Waals surface area contributed by atoms with Crippen LogP contribution in [0, 0.1) is 5.92 Å². The maximum absolute atomic E-state index is 11.8. The minimum atomic E-state index is -0.454. The number of ether oxygens (including phenoxy) is 1. The summed E-state index contributed by atoms with van der Waals surface area (Å²) in [6, 6.07) is -0.376. The van der Waals surface area contributed by atoms with E-state index in [1.165, 1.54) is 0 Å². The molecule has 0 radical (unpaired) electrons. The molecule has 1 saturated carbocycles. The molecule has 1 saturated heterocycles. The number of piperidine rings is 1. The van der Waals surface area contributed by atoms with Gasteiger partial charge < -0.3 is 4.74 Å². The Labute approximate surface area is 89.4 Å². The lowest BCUT2D eigenvalue weighted by Crippen LogP contribution is -2.47. The Morgan fingerprint density at radius 3 is 2.53 bits per heavy atom. The van der Waals surface area contributed by atoms with E-state index in [0.717, 1.165) is 6.42 Å². The van der Waals surface area contributed by atoms with E-state index in [2.05, 4.69) is 5.32 Å². The molecule has 0 unspecified atom stereocenters. The van der Waals surface area contributed by atoms with Gasteiger partial charge in [-0.2, -0.15) is 0 Å². The average Bonchev–Trinajstić information content (AvgIpc) is 2.58. The first kappa shape index (κ1) is 10.6. The van der Waals surface area contributed by atoms with Crippen molar-refractivity contribution in [3.8, 4) is 0 Å². The second kappa shape index (κ2) is 3.30. The molecule has 4 nitrogen and oxygen atoms in total. The number of fused-ring (bicyclic) bond motifs is 2. The Morgan fingerprint density at radius 2 is 2.13 bits per heavy atom. The van der Waals surface area contributed by atoms with E-state index >= 15 is 0 Å². The SMILES string of the molecule is CC(C)(C)OC(=O)[C@@H]1N[C@@H]2C[C@H]1CC2=O. The fourth-order valence-corrected chi connectivity index (χ4v) is 2.31. The van der Waals surface area contributed by atoms with Gasteiger partial charge in [-0.15, -0.1) is 0 Å². The number of Topliss-reactive ketones (excluding diaryl/α,β-unsaturated/α-hetero) is 1. The lowest BCUT2D eigenvalue weighted by molar-refractivity contribution is -0.158. The van der Waals surface area contributed by atoms with E-state index < -0.39 is 5.60 Å². The summed E-state index contributed by atoms with van der Waals surface area (Å²) in [7, 11) is 0. The van der Waals surface area contributed by atoms with Crippen LogP contribution in [0.25, 0.3) is 0 Å². The highest BCUT2D eigenvalue weighted by Crippen LogP contribution is 2.33. The van der Waals surface area contributed by atoms with Crippen molar-refractivity contribution >= 4 is 11.8 Å². The van der Waals surface area contributed by atoms with E-state index in [0.29, 0.717) is 6.42 Å². The van der Waals surface area contributed by atoms with Crippen molar-refractivity contribution < 1.29 is 14.3 Å². The summed E-state index contributed by atoms with van der Waals surface area (Å²) >= 11 is 0. The highest BCUT2D eigenvalue weighted by Gasteiger charge is 2.48. The first-order valence-electron chi connectivity index (χ1n) is 5.38. The van der Waals surface area contributed by atoms with Crippen LogP contribution >= 0.6 is 0 Å². The van der Waals surface area contributed by atoms with E-state index in [1.54, 1.807) is 0 Å². The van der Waals surface area contributed by atoms with Crippen LogP contribution in [0.4, 0.5) is 0 Å². The summed E-state index contributed by atoms with van der Waals surface area (Å²) in [5, 5.41) is 3.04. The predicted octanol–water partition coefficient (Wildman–Crippen LogP) is 0.648. The number of nitrogens with one attached hydrogen (secondary N) is 1. The molecule has 2 rings (SSSR count). The molecule has 1 aliphatic carbocycles. The minimum absolute atomic E-state index is 0.104. The molecule has 0 amide bonds. The van der Waals surface area contributed by atoms with Crippen LogP contribution in [0.5, 0.6) is 0 Å².